The minimum Gasteiger partial charge on any atom is -0.351 e. The van der Waals surface area contributed by atoms with Crippen LogP contribution in [0, 0.1) is 5.41 Å². The van der Waals surface area contributed by atoms with Crippen LogP contribution in [0.15, 0.2) is 12.7 Å². The van der Waals surface area contributed by atoms with E-state index in [2.05, 4.69) is 27.8 Å². The zero-order chi connectivity index (χ0) is 28.7. The first kappa shape index (κ1) is 31.5. The Labute approximate surface area is 225 Å². The second kappa shape index (κ2) is 13.4. The molecule has 2 aliphatic heterocycles. The van der Waals surface area contributed by atoms with Gasteiger partial charge in [0.2, 0.25) is 17.7 Å². The minimum absolute atomic E-state index is 0.102. The predicted octanol–water partition coefficient (Wildman–Crippen LogP) is -0.619. The van der Waals surface area contributed by atoms with E-state index in [0.29, 0.717) is 32.5 Å². The van der Waals surface area contributed by atoms with Crippen LogP contribution in [0.4, 0.5) is 4.79 Å². The summed E-state index contributed by atoms with van der Waals surface area (Å²) in [6.07, 6.45) is 2.61. The van der Waals surface area contributed by atoms with Crippen LogP contribution >= 0.6 is 0 Å². The molecule has 2 rings (SSSR count). The number of nitrogens with zero attached hydrogens (tertiary/aromatic N) is 3. The number of carbonyl (C=O) groups excluding carboxylic acids is 4. The summed E-state index contributed by atoms with van der Waals surface area (Å²) in [5.41, 5.74) is -0.460. The fourth-order valence-corrected chi connectivity index (χ4v) is 6.17. The lowest BCUT2D eigenvalue weighted by atomic mass is 9.86. The highest BCUT2D eigenvalue weighted by molar-refractivity contribution is 7.87. The third kappa shape index (κ3) is 8.40. The van der Waals surface area contributed by atoms with Crippen molar-refractivity contribution in [1.82, 2.24) is 34.8 Å². The van der Waals surface area contributed by atoms with Crippen LogP contribution < -0.4 is 21.3 Å². The van der Waals surface area contributed by atoms with Crippen LogP contribution in [0.3, 0.4) is 0 Å². The third-order valence-corrected chi connectivity index (χ3v) is 8.83. The fraction of sp³-hybridized carbons (Fsp3) is 0.750. The molecule has 0 aromatic carbocycles. The van der Waals surface area contributed by atoms with Crippen molar-refractivity contribution >= 4 is 34.0 Å². The van der Waals surface area contributed by atoms with Crippen LogP contribution in [-0.2, 0) is 24.6 Å². The molecule has 2 fully saturated rings. The number of rotatable bonds is 11. The van der Waals surface area contributed by atoms with Crippen molar-refractivity contribution in [3.05, 3.63) is 12.7 Å². The maximum atomic E-state index is 12.9. The first-order chi connectivity index (χ1) is 17.7. The van der Waals surface area contributed by atoms with Gasteiger partial charge in [0.15, 0.2) is 0 Å². The first-order valence-electron chi connectivity index (χ1n) is 12.9. The van der Waals surface area contributed by atoms with E-state index < -0.39 is 45.6 Å². The van der Waals surface area contributed by atoms with E-state index >= 15 is 0 Å². The van der Waals surface area contributed by atoms with Gasteiger partial charge in [-0.3, -0.25) is 14.4 Å². The van der Waals surface area contributed by atoms with Gasteiger partial charge < -0.3 is 26.2 Å². The number of likely N-dealkylation sites (tertiary alicyclic amines) is 1. The van der Waals surface area contributed by atoms with Crippen molar-refractivity contribution in [2.24, 2.45) is 5.41 Å². The Hall–Kier alpha value is -2.71. The van der Waals surface area contributed by atoms with Crippen molar-refractivity contribution < 1.29 is 27.6 Å². The molecule has 2 saturated heterocycles. The largest absolute Gasteiger partial charge is 0.351 e. The van der Waals surface area contributed by atoms with Gasteiger partial charge in [-0.2, -0.15) is 17.0 Å². The number of urea groups is 1. The molecule has 5 amide bonds. The van der Waals surface area contributed by atoms with E-state index in [-0.39, 0.29) is 38.1 Å². The summed E-state index contributed by atoms with van der Waals surface area (Å²) in [4.78, 5) is 51.2. The maximum Gasteiger partial charge on any atom is 0.315 e. The van der Waals surface area contributed by atoms with Gasteiger partial charge in [0.05, 0.1) is 13.1 Å². The topological polar surface area (TPSA) is 160 Å². The molecule has 0 bridgehead atoms. The molecule has 2 atom stereocenters. The van der Waals surface area contributed by atoms with E-state index in [1.807, 2.05) is 34.6 Å². The highest BCUT2D eigenvalue weighted by Gasteiger charge is 2.41. The van der Waals surface area contributed by atoms with E-state index in [0.717, 1.165) is 0 Å². The van der Waals surface area contributed by atoms with E-state index in [9.17, 15) is 27.6 Å². The van der Waals surface area contributed by atoms with Gasteiger partial charge in [-0.15, -0.1) is 6.58 Å². The summed E-state index contributed by atoms with van der Waals surface area (Å²) in [6, 6.07) is -2.00. The third-order valence-electron chi connectivity index (χ3n) is 6.65. The summed E-state index contributed by atoms with van der Waals surface area (Å²) in [5, 5.41) is 10.5. The molecule has 0 aromatic rings. The zero-order valence-electron chi connectivity index (χ0n) is 23.1. The van der Waals surface area contributed by atoms with Gasteiger partial charge in [0.1, 0.15) is 6.04 Å². The molecule has 1 unspecified atom stereocenters. The Morgan fingerprint density at radius 2 is 1.71 bits per heavy atom. The molecule has 0 saturated carbocycles. The number of nitrogens with one attached hydrogen (secondary N) is 4. The summed E-state index contributed by atoms with van der Waals surface area (Å²) in [7, 11) is -3.62. The van der Waals surface area contributed by atoms with E-state index in [1.54, 1.807) is 0 Å². The normalized spacial score (nSPS) is 20.7. The van der Waals surface area contributed by atoms with E-state index in [1.165, 1.54) is 19.6 Å². The van der Waals surface area contributed by atoms with E-state index in [4.69, 9.17) is 0 Å². The number of amides is 5. The Balaban J connectivity index is 1.91. The van der Waals surface area contributed by atoms with Gasteiger partial charge in [0, 0.05) is 44.8 Å². The van der Waals surface area contributed by atoms with Crippen molar-refractivity contribution in [3.8, 4) is 0 Å². The van der Waals surface area contributed by atoms with Gasteiger partial charge in [0.25, 0.3) is 10.2 Å². The summed E-state index contributed by atoms with van der Waals surface area (Å²) in [6.45, 7) is 13.8. The quantitative estimate of drug-likeness (QED) is 0.248. The Kier molecular flexibility index (Phi) is 11.1. The van der Waals surface area contributed by atoms with Crippen LogP contribution in [-0.4, -0.2) is 110 Å². The lowest BCUT2D eigenvalue weighted by Gasteiger charge is -2.34. The highest BCUT2D eigenvalue weighted by Crippen LogP contribution is 2.25. The smallest absolute Gasteiger partial charge is 0.315 e. The molecular weight excluding hydrogens is 514 g/mol. The van der Waals surface area contributed by atoms with Gasteiger partial charge in [-0.25, -0.2) is 4.79 Å². The zero-order valence-corrected chi connectivity index (χ0v) is 23.9. The lowest BCUT2D eigenvalue weighted by Crippen LogP contribution is -2.55. The van der Waals surface area contributed by atoms with Crippen LogP contribution in [0.2, 0.25) is 0 Å². The number of hydrogen-bond acceptors (Lipinski definition) is 6. The van der Waals surface area contributed by atoms with Crippen molar-refractivity contribution in [2.45, 2.75) is 65.6 Å². The van der Waals surface area contributed by atoms with Gasteiger partial charge in [-0.05, 0) is 32.1 Å². The van der Waals surface area contributed by atoms with Crippen LogP contribution in [0.5, 0.6) is 0 Å². The second-order valence-corrected chi connectivity index (χ2v) is 12.8. The minimum atomic E-state index is -3.62. The average Bonchev–Trinajstić information content (AvgIpc) is 3.43. The van der Waals surface area contributed by atoms with Gasteiger partial charge >= 0.3 is 6.03 Å². The average molecular weight is 558 g/mol. The van der Waals surface area contributed by atoms with Gasteiger partial charge in [-0.1, -0.05) is 26.8 Å². The monoisotopic (exact) mass is 557 g/mol. The molecule has 0 aromatic heterocycles. The highest BCUT2D eigenvalue weighted by atomic mass is 32.2. The molecule has 4 N–H and O–H groups in total. The molecule has 2 aliphatic rings. The van der Waals surface area contributed by atoms with Crippen LogP contribution in [0.25, 0.3) is 0 Å². The molecular formula is C24H43N7O6S. The summed E-state index contributed by atoms with van der Waals surface area (Å²) in [5.74, 6) is -1.21. The molecule has 0 spiro atoms. The molecule has 0 radical (unpaired) electrons. The lowest BCUT2D eigenvalue weighted by molar-refractivity contribution is -0.138. The molecule has 216 valence electrons. The second-order valence-electron chi connectivity index (χ2n) is 10.9. The Morgan fingerprint density at radius 3 is 2.29 bits per heavy atom. The Bertz CT molecular complexity index is 995. The van der Waals surface area contributed by atoms with Crippen molar-refractivity contribution in [1.29, 1.82) is 0 Å². The fourth-order valence-electron chi connectivity index (χ4n) is 4.38. The molecule has 2 heterocycles. The molecule has 38 heavy (non-hydrogen) atoms. The number of hydrogen-bond donors (Lipinski definition) is 4. The SMILES string of the molecule is C=CCNC(=O)CNC(=O)[C@@H]1CCCN1C(=O)CNC(=O)NC(CN1CCN(C(C)C)S1(=O)=O)C(C)(C)C. The molecule has 0 aliphatic carbocycles. The standard InChI is InChI=1S/C24H43N7O6S/c1-7-10-25-20(32)14-26-22(34)18-9-8-11-30(18)21(33)15-27-23(35)28-19(24(4,5)6)16-29-12-13-31(17(2)3)38(29,36)37/h7,17-19H,1,8-16H2,2-6H3,(H,25,32)(H,26,34)(H2,27,28,35)/t18-,19?/m0/s1. The number of carbonyl (C=O) groups is 4. The maximum absolute atomic E-state index is 12.9. The van der Waals surface area contributed by atoms with Crippen LogP contribution in [0.1, 0.15) is 47.5 Å². The summed E-state index contributed by atoms with van der Waals surface area (Å²) >= 11 is 0. The molecule has 13 nitrogen and oxygen atoms in total. The van der Waals surface area contributed by atoms with Crippen molar-refractivity contribution in [2.75, 3.05) is 45.8 Å². The first-order valence-corrected chi connectivity index (χ1v) is 14.3. The predicted molar refractivity (Wildman–Crippen MR) is 143 cm³/mol. The molecule has 14 heteroatoms. The van der Waals surface area contributed by atoms with Crippen molar-refractivity contribution in [3.63, 3.8) is 0 Å². The Morgan fingerprint density at radius 1 is 1.03 bits per heavy atom. The summed E-state index contributed by atoms with van der Waals surface area (Å²) < 4.78 is 28.6.